The van der Waals surface area contributed by atoms with E-state index in [0.717, 1.165) is 30.8 Å². The summed E-state index contributed by atoms with van der Waals surface area (Å²) in [4.78, 5) is 11.1. The smallest absolute Gasteiger partial charge is 0.191 e. The maximum absolute atomic E-state index is 4.24. The van der Waals surface area contributed by atoms with Crippen LogP contribution in [0.5, 0.6) is 0 Å². The molecule has 7 nitrogen and oxygen atoms in total. The Morgan fingerprint density at radius 3 is 2.91 bits per heavy atom. The summed E-state index contributed by atoms with van der Waals surface area (Å²) in [6.45, 7) is 6.42. The molecule has 1 aromatic heterocycles. The van der Waals surface area contributed by atoms with Gasteiger partial charge in [-0.05, 0) is 45.7 Å². The van der Waals surface area contributed by atoms with Gasteiger partial charge in [-0.25, -0.2) is 4.98 Å². The molecule has 1 aromatic rings. The van der Waals surface area contributed by atoms with Gasteiger partial charge in [0.2, 0.25) is 0 Å². The summed E-state index contributed by atoms with van der Waals surface area (Å²) in [7, 11) is 3.68. The molecule has 0 radical (unpaired) electrons. The van der Waals surface area contributed by atoms with Gasteiger partial charge in [-0.2, -0.15) is 5.10 Å². The average molecular weight is 321 g/mol. The number of aliphatic imine (C=N–C) groups is 1. The summed E-state index contributed by atoms with van der Waals surface area (Å²) < 4.78 is 1.76. The van der Waals surface area contributed by atoms with Crippen molar-refractivity contribution in [3.05, 3.63) is 12.2 Å². The predicted octanol–water partition coefficient (Wildman–Crippen LogP) is 1.13. The van der Waals surface area contributed by atoms with Crippen LogP contribution in [0.4, 0.5) is 0 Å². The van der Waals surface area contributed by atoms with Crippen LogP contribution in [0.2, 0.25) is 0 Å². The molecule has 0 bridgehead atoms. The number of hydrogen-bond acceptors (Lipinski definition) is 4. The van der Waals surface area contributed by atoms with Crippen LogP contribution < -0.4 is 10.6 Å². The summed E-state index contributed by atoms with van der Waals surface area (Å²) in [6.07, 6.45) is 8.07. The summed E-state index contributed by atoms with van der Waals surface area (Å²) in [5.41, 5.74) is 0. The fourth-order valence-electron chi connectivity index (χ4n) is 3.00. The van der Waals surface area contributed by atoms with Gasteiger partial charge < -0.3 is 15.5 Å². The Morgan fingerprint density at radius 1 is 1.35 bits per heavy atom. The number of rotatable bonds is 7. The third kappa shape index (κ3) is 5.82. The molecular formula is C16H31N7. The second-order valence-corrected chi connectivity index (χ2v) is 6.24. The van der Waals surface area contributed by atoms with E-state index in [9.17, 15) is 0 Å². The fraction of sp³-hybridized carbons (Fsp3) is 0.812. The van der Waals surface area contributed by atoms with Crippen molar-refractivity contribution < 1.29 is 0 Å². The molecule has 1 unspecified atom stereocenters. The van der Waals surface area contributed by atoms with Crippen molar-refractivity contribution in [2.45, 2.75) is 51.6 Å². The summed E-state index contributed by atoms with van der Waals surface area (Å²) in [6, 6.07) is 0.762. The van der Waals surface area contributed by atoms with Crippen molar-refractivity contribution in [2.75, 3.05) is 26.7 Å². The number of piperidine rings is 1. The average Bonchev–Trinajstić information content (AvgIpc) is 2.97. The molecule has 1 aliphatic rings. The molecule has 23 heavy (non-hydrogen) atoms. The van der Waals surface area contributed by atoms with E-state index in [1.165, 1.54) is 38.8 Å². The largest absolute Gasteiger partial charge is 0.356 e. The molecule has 0 aliphatic carbocycles. The van der Waals surface area contributed by atoms with Crippen molar-refractivity contribution in [3.63, 3.8) is 0 Å². The molecule has 2 heterocycles. The number of hydrogen-bond donors (Lipinski definition) is 2. The van der Waals surface area contributed by atoms with Crippen molar-refractivity contribution in [2.24, 2.45) is 12.0 Å². The van der Waals surface area contributed by atoms with E-state index in [4.69, 9.17) is 0 Å². The van der Waals surface area contributed by atoms with Crippen LogP contribution in [-0.2, 0) is 13.6 Å². The Morgan fingerprint density at radius 2 is 2.22 bits per heavy atom. The first-order chi connectivity index (χ1) is 11.2. The van der Waals surface area contributed by atoms with Crippen LogP contribution in [0.15, 0.2) is 11.3 Å². The Labute approximate surface area is 139 Å². The Bertz CT molecular complexity index is 483. The maximum Gasteiger partial charge on any atom is 0.191 e. The van der Waals surface area contributed by atoms with Crippen molar-refractivity contribution in [3.8, 4) is 0 Å². The minimum absolute atomic E-state index is 0.626. The minimum Gasteiger partial charge on any atom is -0.356 e. The number of likely N-dealkylation sites (tertiary alicyclic amines) is 1. The molecule has 7 heteroatoms. The zero-order valence-corrected chi connectivity index (χ0v) is 14.8. The fourth-order valence-corrected chi connectivity index (χ4v) is 3.00. The molecule has 1 fully saturated rings. The first-order valence-corrected chi connectivity index (χ1v) is 8.72. The highest BCUT2D eigenvalue weighted by Crippen LogP contribution is 2.16. The highest BCUT2D eigenvalue weighted by molar-refractivity contribution is 5.79. The highest BCUT2D eigenvalue weighted by Gasteiger charge is 2.16. The van der Waals surface area contributed by atoms with Crippen LogP contribution in [0.25, 0.3) is 0 Å². The first-order valence-electron chi connectivity index (χ1n) is 8.72. The second kappa shape index (κ2) is 9.50. The molecule has 1 atom stereocenters. The molecule has 0 amide bonds. The second-order valence-electron chi connectivity index (χ2n) is 6.24. The lowest BCUT2D eigenvalue weighted by Gasteiger charge is -2.33. The van der Waals surface area contributed by atoms with Crippen LogP contribution >= 0.6 is 0 Å². The summed E-state index contributed by atoms with van der Waals surface area (Å²) in [5, 5.41) is 10.7. The van der Waals surface area contributed by atoms with Gasteiger partial charge in [-0.15, -0.1) is 0 Å². The summed E-state index contributed by atoms with van der Waals surface area (Å²) in [5.74, 6) is 1.71. The van der Waals surface area contributed by atoms with Gasteiger partial charge >= 0.3 is 0 Å². The van der Waals surface area contributed by atoms with Gasteiger partial charge in [-0.1, -0.05) is 6.42 Å². The number of aryl methyl sites for hydroxylation is 1. The topological polar surface area (TPSA) is 70.4 Å². The van der Waals surface area contributed by atoms with E-state index in [1.807, 2.05) is 7.05 Å². The highest BCUT2D eigenvalue weighted by atomic mass is 15.3. The Kier molecular flexibility index (Phi) is 7.32. The van der Waals surface area contributed by atoms with Crippen molar-refractivity contribution >= 4 is 5.96 Å². The lowest BCUT2D eigenvalue weighted by Crippen LogP contribution is -2.39. The standard InChI is InChI=1S/C16H31N7/c1-14-8-4-6-10-23(14)11-7-5-9-18-16(17-2)19-12-15-20-13-21-22(15)3/h13-14H,4-12H2,1-3H3,(H2,17,18,19). The molecule has 0 saturated carbocycles. The molecule has 0 spiro atoms. The van der Waals surface area contributed by atoms with Gasteiger partial charge in [0, 0.05) is 26.7 Å². The van der Waals surface area contributed by atoms with Crippen molar-refractivity contribution in [1.29, 1.82) is 0 Å². The first kappa shape index (κ1) is 17.7. The molecule has 1 aliphatic heterocycles. The van der Waals surface area contributed by atoms with Crippen LogP contribution in [-0.4, -0.2) is 58.3 Å². The quantitative estimate of drug-likeness (QED) is 0.448. The van der Waals surface area contributed by atoms with E-state index in [1.54, 1.807) is 18.1 Å². The van der Waals surface area contributed by atoms with Gasteiger partial charge in [-0.3, -0.25) is 9.67 Å². The van der Waals surface area contributed by atoms with Crippen LogP contribution in [0, 0.1) is 0 Å². The predicted molar refractivity (Wildman–Crippen MR) is 93.3 cm³/mol. The summed E-state index contributed by atoms with van der Waals surface area (Å²) >= 11 is 0. The van der Waals surface area contributed by atoms with E-state index in [-0.39, 0.29) is 0 Å². The number of guanidine groups is 1. The third-order valence-corrected chi connectivity index (χ3v) is 4.55. The number of aromatic nitrogens is 3. The number of nitrogens with one attached hydrogen (secondary N) is 2. The third-order valence-electron chi connectivity index (χ3n) is 4.55. The number of nitrogens with zero attached hydrogens (tertiary/aromatic N) is 5. The van der Waals surface area contributed by atoms with Gasteiger partial charge in [0.15, 0.2) is 5.96 Å². The maximum atomic E-state index is 4.24. The van der Waals surface area contributed by atoms with Gasteiger partial charge in [0.1, 0.15) is 12.2 Å². The lowest BCUT2D eigenvalue weighted by atomic mass is 10.0. The van der Waals surface area contributed by atoms with Crippen molar-refractivity contribution in [1.82, 2.24) is 30.3 Å². The van der Waals surface area contributed by atoms with Crippen LogP contribution in [0.3, 0.4) is 0 Å². The molecule has 2 rings (SSSR count). The molecule has 0 aromatic carbocycles. The molecule has 2 N–H and O–H groups in total. The normalized spacial score (nSPS) is 19.8. The number of unbranched alkanes of at least 4 members (excludes halogenated alkanes) is 1. The van der Waals surface area contributed by atoms with E-state index < -0.39 is 0 Å². The Balaban J connectivity index is 1.58. The SMILES string of the molecule is CN=C(NCCCCN1CCCCC1C)NCc1ncnn1C. The van der Waals surface area contributed by atoms with Crippen LogP contribution in [0.1, 0.15) is 44.9 Å². The minimum atomic E-state index is 0.626. The Hall–Kier alpha value is -1.63. The van der Waals surface area contributed by atoms with E-state index in [0.29, 0.717) is 6.54 Å². The zero-order chi connectivity index (χ0) is 16.5. The zero-order valence-electron chi connectivity index (χ0n) is 14.8. The molecular weight excluding hydrogens is 290 g/mol. The molecule has 1 saturated heterocycles. The molecule has 130 valence electrons. The van der Waals surface area contributed by atoms with Gasteiger partial charge in [0.25, 0.3) is 0 Å². The van der Waals surface area contributed by atoms with E-state index in [2.05, 4.69) is 37.5 Å². The van der Waals surface area contributed by atoms with E-state index >= 15 is 0 Å². The monoisotopic (exact) mass is 321 g/mol. The van der Waals surface area contributed by atoms with Gasteiger partial charge in [0.05, 0.1) is 6.54 Å². The lowest BCUT2D eigenvalue weighted by molar-refractivity contribution is 0.158.